The fraction of sp³-hybridized carbons (Fsp3) is 0.571. The van der Waals surface area contributed by atoms with E-state index in [-0.39, 0.29) is 17.9 Å². The van der Waals surface area contributed by atoms with Gasteiger partial charge in [-0.1, -0.05) is 13.3 Å². The number of rotatable bonds is 6. The second kappa shape index (κ2) is 8.47. The summed E-state index contributed by atoms with van der Waals surface area (Å²) in [6.07, 6.45) is 8.90. The van der Waals surface area contributed by atoms with Gasteiger partial charge in [-0.15, -0.1) is 0 Å². The quantitative estimate of drug-likeness (QED) is 0.772. The van der Waals surface area contributed by atoms with Gasteiger partial charge in [0, 0.05) is 37.5 Å². The molecule has 1 amide bonds. The molecule has 0 aromatic carbocycles. The number of hydrogen-bond donors (Lipinski definition) is 0. The number of aromatic nitrogens is 1. The van der Waals surface area contributed by atoms with Crippen molar-refractivity contribution in [3.8, 4) is 5.88 Å². The third kappa shape index (κ3) is 4.32. The molecular formula is C21H29N3O2. The van der Waals surface area contributed by atoms with Crippen molar-refractivity contribution in [3.63, 3.8) is 0 Å². The topological polar surface area (TPSA) is 54.8 Å². The summed E-state index contributed by atoms with van der Waals surface area (Å²) in [5.41, 5.74) is 2.95. The first kappa shape index (κ1) is 18.6. The Morgan fingerprint density at radius 3 is 2.88 bits per heavy atom. The molecule has 2 aliphatic heterocycles. The van der Waals surface area contributed by atoms with Gasteiger partial charge in [-0.05, 0) is 56.7 Å². The van der Waals surface area contributed by atoms with Gasteiger partial charge in [-0.25, -0.2) is 4.98 Å². The molecule has 0 aliphatic carbocycles. The second-order valence-electron chi connectivity index (χ2n) is 7.41. The lowest BCUT2D eigenvalue weighted by atomic mass is 9.87. The maximum absolute atomic E-state index is 12.8. The molecule has 0 radical (unpaired) electrons. The summed E-state index contributed by atoms with van der Waals surface area (Å²) in [6.45, 7) is 7.83. The van der Waals surface area contributed by atoms with Crippen LogP contribution in [0.15, 0.2) is 29.5 Å². The number of fused-ring (bicyclic) bond motifs is 1. The number of unbranched alkanes of at least 4 members (excludes halogenated alkanes) is 1. The van der Waals surface area contributed by atoms with E-state index in [0.29, 0.717) is 5.88 Å². The highest BCUT2D eigenvalue weighted by molar-refractivity contribution is 6.40. The van der Waals surface area contributed by atoms with Crippen molar-refractivity contribution < 1.29 is 9.53 Å². The zero-order valence-electron chi connectivity index (χ0n) is 16.1. The van der Waals surface area contributed by atoms with Crippen molar-refractivity contribution in [3.05, 3.63) is 30.1 Å². The first-order valence-corrected chi connectivity index (χ1v) is 9.77. The summed E-state index contributed by atoms with van der Waals surface area (Å²) in [4.78, 5) is 23.8. The van der Waals surface area contributed by atoms with Crippen LogP contribution >= 0.6 is 0 Å². The largest absolute Gasteiger partial charge is 0.475 e. The molecule has 3 rings (SSSR count). The third-order valence-corrected chi connectivity index (χ3v) is 4.94. The molecule has 1 fully saturated rings. The highest BCUT2D eigenvalue weighted by Gasteiger charge is 2.32. The van der Waals surface area contributed by atoms with Gasteiger partial charge in [0.15, 0.2) is 0 Å². The summed E-state index contributed by atoms with van der Waals surface area (Å²) in [5.74, 6) is 0.997. The Labute approximate surface area is 156 Å². The van der Waals surface area contributed by atoms with Gasteiger partial charge in [-0.3, -0.25) is 9.79 Å². The summed E-state index contributed by atoms with van der Waals surface area (Å²) < 4.78 is 5.61. The summed E-state index contributed by atoms with van der Waals surface area (Å²) in [6, 6.07) is 3.93. The minimum absolute atomic E-state index is 0.113. The number of amides is 1. The predicted octanol–water partition coefficient (Wildman–Crippen LogP) is 4.09. The number of carbonyl (C=O) groups is 1. The third-order valence-electron chi connectivity index (χ3n) is 4.94. The van der Waals surface area contributed by atoms with Crippen LogP contribution in [0.5, 0.6) is 5.88 Å². The zero-order valence-corrected chi connectivity index (χ0v) is 16.1. The Balaban J connectivity index is 1.76. The monoisotopic (exact) mass is 355 g/mol. The maximum Gasteiger partial charge on any atom is 0.268 e. The van der Waals surface area contributed by atoms with Gasteiger partial charge in [-0.2, -0.15) is 0 Å². The van der Waals surface area contributed by atoms with Crippen LogP contribution in [0.1, 0.15) is 58.4 Å². The number of aliphatic imine (C=N–C) groups is 1. The zero-order chi connectivity index (χ0) is 18.5. The van der Waals surface area contributed by atoms with E-state index in [9.17, 15) is 4.79 Å². The molecule has 26 heavy (non-hydrogen) atoms. The number of nitrogens with zero attached hydrogens (tertiary/aromatic N) is 3. The number of carbonyl (C=O) groups excluding carboxylic acids is 1. The van der Waals surface area contributed by atoms with E-state index in [1.165, 1.54) is 0 Å². The van der Waals surface area contributed by atoms with Crippen LogP contribution in [0, 0.1) is 5.92 Å². The van der Waals surface area contributed by atoms with E-state index in [4.69, 9.17) is 4.74 Å². The molecule has 0 spiro atoms. The van der Waals surface area contributed by atoms with Crippen molar-refractivity contribution in [2.45, 2.75) is 59.0 Å². The van der Waals surface area contributed by atoms with Crippen LogP contribution in [-0.4, -0.2) is 40.7 Å². The van der Waals surface area contributed by atoms with Crippen molar-refractivity contribution in [2.24, 2.45) is 10.9 Å². The van der Waals surface area contributed by atoms with E-state index in [1.54, 1.807) is 0 Å². The molecule has 5 nitrogen and oxygen atoms in total. The minimum atomic E-state index is 0.113. The molecule has 2 aliphatic rings. The Morgan fingerprint density at radius 2 is 2.19 bits per heavy atom. The van der Waals surface area contributed by atoms with Gasteiger partial charge in [0.2, 0.25) is 5.88 Å². The van der Waals surface area contributed by atoms with Gasteiger partial charge < -0.3 is 9.64 Å². The Morgan fingerprint density at radius 1 is 1.35 bits per heavy atom. The highest BCUT2D eigenvalue weighted by atomic mass is 16.5. The second-order valence-corrected chi connectivity index (χ2v) is 7.41. The number of allylic oxidation sites excluding steroid dienone is 1. The van der Waals surface area contributed by atoms with E-state index >= 15 is 0 Å². The lowest BCUT2D eigenvalue weighted by Gasteiger charge is -2.24. The molecule has 0 bridgehead atoms. The lowest BCUT2D eigenvalue weighted by Crippen LogP contribution is -2.38. The summed E-state index contributed by atoms with van der Waals surface area (Å²) in [7, 11) is 0. The molecule has 140 valence electrons. The first-order chi connectivity index (χ1) is 12.6. The van der Waals surface area contributed by atoms with Crippen molar-refractivity contribution in [2.75, 3.05) is 13.1 Å². The number of hydrogen-bond acceptors (Lipinski definition) is 4. The first-order valence-electron chi connectivity index (χ1n) is 9.77. The Bertz CT molecular complexity index is 690. The number of pyridine rings is 1. The van der Waals surface area contributed by atoms with E-state index in [2.05, 4.69) is 16.9 Å². The van der Waals surface area contributed by atoms with Gasteiger partial charge >= 0.3 is 0 Å². The van der Waals surface area contributed by atoms with Gasteiger partial charge in [0.1, 0.15) is 5.71 Å². The van der Waals surface area contributed by atoms with Crippen LogP contribution in [0.3, 0.4) is 0 Å². The van der Waals surface area contributed by atoms with Crippen molar-refractivity contribution in [1.82, 2.24) is 9.88 Å². The number of likely N-dealkylation sites (tertiary alicyclic amines) is 1. The molecule has 0 saturated carbocycles. The van der Waals surface area contributed by atoms with E-state index in [1.807, 2.05) is 43.3 Å². The average Bonchev–Trinajstić information content (AvgIpc) is 2.79. The SMILES string of the molecule is CCCCN1CCCC2CC(c3ccc(OC(C)C)nc3)=CN=C2C1=O. The lowest BCUT2D eigenvalue weighted by molar-refractivity contribution is -0.124. The van der Waals surface area contributed by atoms with Crippen LogP contribution in [0.2, 0.25) is 0 Å². The van der Waals surface area contributed by atoms with Crippen LogP contribution in [-0.2, 0) is 4.79 Å². The molecule has 1 saturated heterocycles. The fourth-order valence-corrected chi connectivity index (χ4v) is 3.56. The molecule has 1 aromatic rings. The molecule has 1 aromatic heterocycles. The van der Waals surface area contributed by atoms with Crippen LogP contribution < -0.4 is 4.74 Å². The standard InChI is InChI=1S/C21H29N3O2/c1-4-5-10-24-11-6-7-16-12-18(14-23-20(16)21(24)25)17-8-9-19(22-13-17)26-15(2)3/h8-9,13-16H,4-7,10-12H2,1-3H3. The molecule has 1 unspecified atom stereocenters. The fourth-order valence-electron chi connectivity index (χ4n) is 3.56. The molecule has 3 heterocycles. The van der Waals surface area contributed by atoms with E-state index in [0.717, 1.165) is 62.0 Å². The molecule has 5 heteroatoms. The highest BCUT2D eigenvalue weighted by Crippen LogP contribution is 2.32. The minimum Gasteiger partial charge on any atom is -0.475 e. The van der Waals surface area contributed by atoms with Crippen LogP contribution in [0.25, 0.3) is 5.57 Å². The summed E-state index contributed by atoms with van der Waals surface area (Å²) in [5, 5.41) is 0. The molecule has 0 N–H and O–H groups in total. The van der Waals surface area contributed by atoms with Crippen molar-refractivity contribution >= 4 is 17.2 Å². The predicted molar refractivity (Wildman–Crippen MR) is 104 cm³/mol. The maximum atomic E-state index is 12.8. The average molecular weight is 355 g/mol. The van der Waals surface area contributed by atoms with Gasteiger partial charge in [0.25, 0.3) is 5.91 Å². The smallest absolute Gasteiger partial charge is 0.268 e. The van der Waals surface area contributed by atoms with Gasteiger partial charge in [0.05, 0.1) is 6.10 Å². The van der Waals surface area contributed by atoms with E-state index < -0.39 is 0 Å². The Hall–Kier alpha value is -2.17. The summed E-state index contributed by atoms with van der Waals surface area (Å²) >= 11 is 0. The normalized spacial score (nSPS) is 20.4. The van der Waals surface area contributed by atoms with Crippen molar-refractivity contribution in [1.29, 1.82) is 0 Å². The molecule has 1 atom stereocenters. The molecular weight excluding hydrogens is 326 g/mol. The Kier molecular flexibility index (Phi) is 6.07. The number of ether oxygens (including phenoxy) is 1. The van der Waals surface area contributed by atoms with Crippen LogP contribution in [0.4, 0.5) is 0 Å².